The minimum absolute atomic E-state index is 0.224. The molecule has 0 saturated carbocycles. The van der Waals surface area contributed by atoms with Crippen molar-refractivity contribution in [3.63, 3.8) is 0 Å². The number of methoxy groups -OCH3 is 2. The molecule has 1 aromatic rings. The molecular formula is C15H22N2O4S. The molecule has 0 bridgehead atoms. The van der Waals surface area contributed by atoms with Crippen molar-refractivity contribution in [2.75, 3.05) is 46.9 Å². The van der Waals surface area contributed by atoms with Crippen molar-refractivity contribution in [3.05, 3.63) is 30.9 Å². The second-order valence-electron chi connectivity index (χ2n) is 5.01. The van der Waals surface area contributed by atoms with Gasteiger partial charge in [0.05, 0.1) is 19.1 Å². The SMILES string of the molecule is C=CCN1CCN(S(=O)(=O)c2ccc(OC)c(OC)c2)CC1. The Kier molecular flexibility index (Phi) is 5.44. The van der Waals surface area contributed by atoms with E-state index in [4.69, 9.17) is 9.47 Å². The van der Waals surface area contributed by atoms with Crippen LogP contribution in [0.3, 0.4) is 0 Å². The van der Waals surface area contributed by atoms with Crippen molar-refractivity contribution in [2.24, 2.45) is 0 Å². The molecule has 0 aromatic heterocycles. The molecule has 0 radical (unpaired) electrons. The highest BCUT2D eigenvalue weighted by molar-refractivity contribution is 7.89. The number of nitrogens with zero attached hydrogens (tertiary/aromatic N) is 2. The third-order valence-corrected chi connectivity index (χ3v) is 5.61. The van der Waals surface area contributed by atoms with Crippen LogP contribution in [-0.2, 0) is 10.0 Å². The molecule has 0 aliphatic carbocycles. The van der Waals surface area contributed by atoms with Gasteiger partial charge in [0.2, 0.25) is 10.0 Å². The number of rotatable bonds is 6. The Morgan fingerprint density at radius 1 is 1.14 bits per heavy atom. The van der Waals surface area contributed by atoms with Crippen LogP contribution >= 0.6 is 0 Å². The maximum atomic E-state index is 12.7. The fourth-order valence-electron chi connectivity index (χ4n) is 2.46. The zero-order valence-corrected chi connectivity index (χ0v) is 13.8. The van der Waals surface area contributed by atoms with E-state index in [0.717, 1.165) is 6.54 Å². The van der Waals surface area contributed by atoms with Crippen LogP contribution in [0, 0.1) is 0 Å². The lowest BCUT2D eigenvalue weighted by Gasteiger charge is -2.33. The Morgan fingerprint density at radius 2 is 1.77 bits per heavy atom. The summed E-state index contributed by atoms with van der Waals surface area (Å²) >= 11 is 0. The minimum atomic E-state index is -3.51. The van der Waals surface area contributed by atoms with E-state index < -0.39 is 10.0 Å². The quantitative estimate of drug-likeness (QED) is 0.735. The Morgan fingerprint density at radius 3 is 2.32 bits per heavy atom. The molecule has 0 atom stereocenters. The molecule has 0 spiro atoms. The van der Waals surface area contributed by atoms with Crippen LogP contribution in [0.1, 0.15) is 0 Å². The number of benzene rings is 1. The first kappa shape index (κ1) is 16.8. The molecule has 1 saturated heterocycles. The molecule has 0 N–H and O–H groups in total. The van der Waals surface area contributed by atoms with Crippen LogP contribution in [0.4, 0.5) is 0 Å². The summed E-state index contributed by atoms with van der Waals surface area (Å²) in [5, 5.41) is 0. The molecular weight excluding hydrogens is 304 g/mol. The van der Waals surface area contributed by atoms with Gasteiger partial charge in [-0.25, -0.2) is 8.42 Å². The van der Waals surface area contributed by atoms with E-state index in [0.29, 0.717) is 37.7 Å². The predicted molar refractivity (Wildman–Crippen MR) is 84.9 cm³/mol. The standard InChI is InChI=1S/C15H22N2O4S/c1-4-7-16-8-10-17(11-9-16)22(18,19)13-5-6-14(20-2)15(12-13)21-3/h4-6,12H,1,7-11H2,2-3H3. The molecule has 2 rings (SSSR count). The Hall–Kier alpha value is -1.57. The van der Waals surface area contributed by atoms with Gasteiger partial charge in [0.15, 0.2) is 11.5 Å². The molecule has 22 heavy (non-hydrogen) atoms. The largest absolute Gasteiger partial charge is 0.493 e. The van der Waals surface area contributed by atoms with Crippen LogP contribution in [0.15, 0.2) is 35.7 Å². The molecule has 1 aliphatic heterocycles. The number of hydrogen-bond donors (Lipinski definition) is 0. The van der Waals surface area contributed by atoms with Gasteiger partial charge in [-0.3, -0.25) is 4.90 Å². The highest BCUT2D eigenvalue weighted by Gasteiger charge is 2.28. The van der Waals surface area contributed by atoms with Crippen molar-refractivity contribution in [2.45, 2.75) is 4.90 Å². The van der Waals surface area contributed by atoms with Gasteiger partial charge in [0.25, 0.3) is 0 Å². The van der Waals surface area contributed by atoms with Gasteiger partial charge in [-0.1, -0.05) is 6.08 Å². The summed E-state index contributed by atoms with van der Waals surface area (Å²) < 4.78 is 37.3. The molecule has 1 fully saturated rings. The molecule has 0 unspecified atom stereocenters. The van der Waals surface area contributed by atoms with E-state index in [1.54, 1.807) is 12.1 Å². The summed E-state index contributed by atoms with van der Waals surface area (Å²) in [6.45, 7) is 6.86. The lowest BCUT2D eigenvalue weighted by atomic mass is 10.3. The first-order valence-corrected chi connectivity index (χ1v) is 8.52. The zero-order chi connectivity index (χ0) is 16.2. The Labute approximate surface area is 132 Å². The molecule has 6 nitrogen and oxygen atoms in total. The lowest BCUT2D eigenvalue weighted by molar-refractivity contribution is 0.204. The summed E-state index contributed by atoms with van der Waals surface area (Å²) in [6, 6.07) is 4.66. The normalized spacial score (nSPS) is 17.2. The van der Waals surface area contributed by atoms with Gasteiger partial charge in [0.1, 0.15) is 0 Å². The zero-order valence-electron chi connectivity index (χ0n) is 13.0. The van der Waals surface area contributed by atoms with Crippen LogP contribution in [0.25, 0.3) is 0 Å². The van der Waals surface area contributed by atoms with Gasteiger partial charge in [-0.15, -0.1) is 6.58 Å². The summed E-state index contributed by atoms with van der Waals surface area (Å²) in [6.07, 6.45) is 1.83. The Bertz CT molecular complexity index is 622. The van der Waals surface area contributed by atoms with Crippen molar-refractivity contribution in [1.29, 1.82) is 0 Å². The third kappa shape index (κ3) is 3.43. The Balaban J connectivity index is 2.19. The topological polar surface area (TPSA) is 59.1 Å². The number of ether oxygens (including phenoxy) is 2. The summed E-state index contributed by atoms with van der Waals surface area (Å²) in [4.78, 5) is 2.40. The van der Waals surface area contributed by atoms with E-state index in [9.17, 15) is 8.42 Å². The molecule has 122 valence electrons. The van der Waals surface area contributed by atoms with Gasteiger partial charge in [-0.05, 0) is 12.1 Å². The van der Waals surface area contributed by atoms with E-state index in [1.807, 2.05) is 6.08 Å². The monoisotopic (exact) mass is 326 g/mol. The van der Waals surface area contributed by atoms with E-state index in [-0.39, 0.29) is 4.90 Å². The van der Waals surface area contributed by atoms with Crippen LogP contribution < -0.4 is 9.47 Å². The summed E-state index contributed by atoms with van der Waals surface area (Å²) in [5.41, 5.74) is 0. The number of hydrogen-bond acceptors (Lipinski definition) is 5. The minimum Gasteiger partial charge on any atom is -0.493 e. The van der Waals surface area contributed by atoms with Crippen LogP contribution in [0.5, 0.6) is 11.5 Å². The fraction of sp³-hybridized carbons (Fsp3) is 0.467. The molecule has 1 aromatic carbocycles. The molecule has 0 amide bonds. The fourth-order valence-corrected chi connectivity index (χ4v) is 3.90. The van der Waals surface area contributed by atoms with Crippen molar-refractivity contribution in [3.8, 4) is 11.5 Å². The summed E-state index contributed by atoms with van der Waals surface area (Å²) in [5.74, 6) is 0.922. The second kappa shape index (κ2) is 7.13. The lowest BCUT2D eigenvalue weighted by Crippen LogP contribution is -2.48. The van der Waals surface area contributed by atoms with Gasteiger partial charge in [0, 0.05) is 38.8 Å². The second-order valence-corrected chi connectivity index (χ2v) is 6.95. The highest BCUT2D eigenvalue weighted by atomic mass is 32.2. The first-order chi connectivity index (χ1) is 10.5. The van der Waals surface area contributed by atoms with E-state index in [2.05, 4.69) is 11.5 Å². The third-order valence-electron chi connectivity index (χ3n) is 3.71. The van der Waals surface area contributed by atoms with Gasteiger partial charge >= 0.3 is 0 Å². The first-order valence-electron chi connectivity index (χ1n) is 7.08. The highest BCUT2D eigenvalue weighted by Crippen LogP contribution is 2.30. The van der Waals surface area contributed by atoms with Crippen molar-refractivity contribution in [1.82, 2.24) is 9.21 Å². The van der Waals surface area contributed by atoms with E-state index in [1.165, 1.54) is 24.6 Å². The number of sulfonamides is 1. The average molecular weight is 326 g/mol. The summed E-state index contributed by atoms with van der Waals surface area (Å²) in [7, 11) is -0.506. The molecule has 7 heteroatoms. The maximum absolute atomic E-state index is 12.7. The maximum Gasteiger partial charge on any atom is 0.243 e. The number of piperazine rings is 1. The van der Waals surface area contributed by atoms with Gasteiger partial charge in [-0.2, -0.15) is 4.31 Å². The average Bonchev–Trinajstić information content (AvgIpc) is 2.55. The smallest absolute Gasteiger partial charge is 0.243 e. The molecule has 1 aliphatic rings. The van der Waals surface area contributed by atoms with Crippen molar-refractivity contribution < 1.29 is 17.9 Å². The van der Waals surface area contributed by atoms with Crippen LogP contribution in [-0.4, -0.2) is 64.6 Å². The van der Waals surface area contributed by atoms with Gasteiger partial charge < -0.3 is 9.47 Å². The van der Waals surface area contributed by atoms with Crippen LogP contribution in [0.2, 0.25) is 0 Å². The van der Waals surface area contributed by atoms with Crippen molar-refractivity contribution >= 4 is 10.0 Å². The predicted octanol–water partition coefficient (Wildman–Crippen LogP) is 1.20. The molecule has 1 heterocycles. The van der Waals surface area contributed by atoms with E-state index >= 15 is 0 Å².